The molecule has 18 heavy (non-hydrogen) atoms. The molecule has 2 atom stereocenters. The van der Waals surface area contributed by atoms with Crippen LogP contribution in [0, 0.1) is 11.7 Å². The number of hydrogen-bond acceptors (Lipinski definition) is 1. The molecule has 1 aromatic rings. The lowest BCUT2D eigenvalue weighted by Gasteiger charge is -2.26. The molecule has 1 aliphatic rings. The summed E-state index contributed by atoms with van der Waals surface area (Å²) in [6, 6.07) is 7.21. The van der Waals surface area contributed by atoms with Gasteiger partial charge in [-0.3, -0.25) is 0 Å². The molecule has 0 aromatic heterocycles. The minimum absolute atomic E-state index is 0.0982. The van der Waals surface area contributed by atoms with Gasteiger partial charge in [-0.1, -0.05) is 38.3 Å². The molecule has 0 aliphatic heterocycles. The molecule has 100 valence electrons. The van der Waals surface area contributed by atoms with Gasteiger partial charge >= 0.3 is 0 Å². The van der Waals surface area contributed by atoms with Crippen LogP contribution < -0.4 is 5.32 Å². The van der Waals surface area contributed by atoms with Crippen LogP contribution in [0.25, 0.3) is 0 Å². The van der Waals surface area contributed by atoms with E-state index in [1.807, 2.05) is 6.07 Å². The van der Waals surface area contributed by atoms with Crippen molar-refractivity contribution in [1.82, 2.24) is 5.32 Å². The molecule has 0 amide bonds. The average Bonchev–Trinajstić information content (AvgIpc) is 2.61. The quantitative estimate of drug-likeness (QED) is 0.792. The Labute approximate surface area is 110 Å². The lowest BCUT2D eigenvalue weighted by atomic mass is 9.82. The van der Waals surface area contributed by atoms with Crippen LogP contribution in [0.5, 0.6) is 0 Å². The van der Waals surface area contributed by atoms with Gasteiger partial charge in [-0.2, -0.15) is 0 Å². The Morgan fingerprint density at radius 3 is 2.83 bits per heavy atom. The fourth-order valence-corrected chi connectivity index (χ4v) is 3.13. The normalized spacial score (nSPS) is 24.8. The number of halogens is 1. The van der Waals surface area contributed by atoms with Gasteiger partial charge in [0.15, 0.2) is 0 Å². The summed E-state index contributed by atoms with van der Waals surface area (Å²) in [5.41, 5.74) is 1.19. The van der Waals surface area contributed by atoms with E-state index in [9.17, 15) is 4.39 Å². The molecule has 1 fully saturated rings. The highest BCUT2D eigenvalue weighted by molar-refractivity contribution is 5.22. The Bertz CT molecular complexity index is 364. The molecule has 1 saturated carbocycles. The first kappa shape index (κ1) is 13.5. The van der Waals surface area contributed by atoms with Gasteiger partial charge in [-0.05, 0) is 55.5 Å². The van der Waals surface area contributed by atoms with Crippen LogP contribution >= 0.6 is 0 Å². The maximum absolute atomic E-state index is 13.4. The van der Waals surface area contributed by atoms with Crippen molar-refractivity contribution in [2.45, 2.75) is 44.9 Å². The summed E-state index contributed by atoms with van der Waals surface area (Å²) in [5, 5.41) is 3.47. The van der Waals surface area contributed by atoms with E-state index in [0.717, 1.165) is 13.1 Å². The van der Waals surface area contributed by atoms with Gasteiger partial charge in [0.25, 0.3) is 0 Å². The maximum atomic E-state index is 13.4. The monoisotopic (exact) mass is 249 g/mol. The lowest BCUT2D eigenvalue weighted by Crippen LogP contribution is -2.26. The molecule has 0 bridgehead atoms. The van der Waals surface area contributed by atoms with E-state index in [0.29, 0.717) is 11.8 Å². The average molecular weight is 249 g/mol. The van der Waals surface area contributed by atoms with Crippen molar-refractivity contribution in [3.63, 3.8) is 0 Å². The van der Waals surface area contributed by atoms with Crippen molar-refractivity contribution < 1.29 is 4.39 Å². The van der Waals surface area contributed by atoms with Crippen LogP contribution in [0.3, 0.4) is 0 Å². The van der Waals surface area contributed by atoms with Crippen LogP contribution in [0.15, 0.2) is 24.3 Å². The Morgan fingerprint density at radius 1 is 1.22 bits per heavy atom. The number of rotatable bonds is 4. The third kappa shape index (κ3) is 3.55. The van der Waals surface area contributed by atoms with Gasteiger partial charge in [0.1, 0.15) is 5.82 Å². The largest absolute Gasteiger partial charge is 0.317 e. The Morgan fingerprint density at radius 2 is 2.06 bits per heavy atom. The summed E-state index contributed by atoms with van der Waals surface area (Å²) in [6.07, 6.45) is 6.41. The molecule has 2 heteroatoms. The summed E-state index contributed by atoms with van der Waals surface area (Å²) >= 11 is 0. The van der Waals surface area contributed by atoms with Crippen molar-refractivity contribution >= 4 is 0 Å². The first-order chi connectivity index (χ1) is 8.81. The minimum Gasteiger partial charge on any atom is -0.317 e. The van der Waals surface area contributed by atoms with Crippen molar-refractivity contribution in [2.24, 2.45) is 5.92 Å². The van der Waals surface area contributed by atoms with Crippen molar-refractivity contribution in [3.8, 4) is 0 Å². The van der Waals surface area contributed by atoms with Gasteiger partial charge in [0.2, 0.25) is 0 Å². The SMILES string of the molecule is CCNCC1CCCCCC1c1cccc(F)c1. The molecule has 0 heterocycles. The second-order valence-corrected chi connectivity index (χ2v) is 5.37. The number of nitrogens with one attached hydrogen (secondary N) is 1. The second kappa shape index (κ2) is 6.89. The molecular formula is C16H24FN. The summed E-state index contributed by atoms with van der Waals surface area (Å²) in [5.74, 6) is 1.09. The third-order valence-electron chi connectivity index (χ3n) is 4.09. The van der Waals surface area contributed by atoms with E-state index in [2.05, 4.69) is 18.3 Å². The first-order valence-electron chi connectivity index (χ1n) is 7.27. The molecule has 0 saturated heterocycles. The Balaban J connectivity index is 2.14. The highest BCUT2D eigenvalue weighted by Gasteiger charge is 2.24. The third-order valence-corrected chi connectivity index (χ3v) is 4.09. The zero-order chi connectivity index (χ0) is 12.8. The van der Waals surface area contributed by atoms with E-state index in [-0.39, 0.29) is 5.82 Å². The van der Waals surface area contributed by atoms with Crippen molar-refractivity contribution in [2.75, 3.05) is 13.1 Å². The minimum atomic E-state index is -0.0982. The van der Waals surface area contributed by atoms with Gasteiger partial charge < -0.3 is 5.32 Å². The molecule has 1 nitrogen and oxygen atoms in total. The first-order valence-corrected chi connectivity index (χ1v) is 7.27. The standard InChI is InChI=1S/C16H24FN/c1-2-18-12-14-7-4-3-5-10-16(14)13-8-6-9-15(17)11-13/h6,8-9,11,14,16,18H,2-5,7,10,12H2,1H3. The van der Waals surface area contributed by atoms with Gasteiger partial charge in [0, 0.05) is 0 Å². The van der Waals surface area contributed by atoms with Crippen molar-refractivity contribution in [3.05, 3.63) is 35.6 Å². The predicted octanol–water partition coefficient (Wildman–Crippen LogP) is 4.10. The molecule has 2 unspecified atom stereocenters. The molecule has 1 N–H and O–H groups in total. The van der Waals surface area contributed by atoms with Gasteiger partial charge in [-0.25, -0.2) is 4.39 Å². The summed E-state index contributed by atoms with van der Waals surface area (Å²) in [7, 11) is 0. The van der Waals surface area contributed by atoms with E-state index in [1.165, 1.54) is 37.7 Å². The summed E-state index contributed by atoms with van der Waals surface area (Å²) in [4.78, 5) is 0. The Kier molecular flexibility index (Phi) is 5.18. The van der Waals surface area contributed by atoms with Gasteiger partial charge in [0.05, 0.1) is 0 Å². The lowest BCUT2D eigenvalue weighted by molar-refractivity contribution is 0.378. The smallest absolute Gasteiger partial charge is 0.123 e. The van der Waals surface area contributed by atoms with Crippen LogP contribution in [0.4, 0.5) is 4.39 Å². The van der Waals surface area contributed by atoms with E-state index < -0.39 is 0 Å². The second-order valence-electron chi connectivity index (χ2n) is 5.37. The van der Waals surface area contributed by atoms with E-state index in [1.54, 1.807) is 12.1 Å². The molecule has 2 rings (SSSR count). The van der Waals surface area contributed by atoms with Crippen LogP contribution in [-0.4, -0.2) is 13.1 Å². The van der Waals surface area contributed by atoms with E-state index in [4.69, 9.17) is 0 Å². The zero-order valence-electron chi connectivity index (χ0n) is 11.3. The Hall–Kier alpha value is -0.890. The molecule has 1 aromatic carbocycles. The van der Waals surface area contributed by atoms with Crippen LogP contribution in [0.2, 0.25) is 0 Å². The van der Waals surface area contributed by atoms with Crippen LogP contribution in [0.1, 0.15) is 50.5 Å². The fraction of sp³-hybridized carbons (Fsp3) is 0.625. The summed E-state index contributed by atoms with van der Waals surface area (Å²) in [6.45, 7) is 4.23. The van der Waals surface area contributed by atoms with E-state index >= 15 is 0 Å². The molecule has 0 radical (unpaired) electrons. The predicted molar refractivity (Wildman–Crippen MR) is 74.3 cm³/mol. The maximum Gasteiger partial charge on any atom is 0.123 e. The van der Waals surface area contributed by atoms with Gasteiger partial charge in [-0.15, -0.1) is 0 Å². The number of hydrogen-bond donors (Lipinski definition) is 1. The molecular weight excluding hydrogens is 225 g/mol. The highest BCUT2D eigenvalue weighted by atomic mass is 19.1. The molecule has 0 spiro atoms. The zero-order valence-corrected chi connectivity index (χ0v) is 11.3. The number of benzene rings is 1. The molecule has 1 aliphatic carbocycles. The highest BCUT2D eigenvalue weighted by Crippen LogP contribution is 2.36. The van der Waals surface area contributed by atoms with Crippen molar-refractivity contribution in [1.29, 1.82) is 0 Å². The summed E-state index contributed by atoms with van der Waals surface area (Å²) < 4.78 is 13.4. The van der Waals surface area contributed by atoms with Crippen LogP contribution in [-0.2, 0) is 0 Å². The topological polar surface area (TPSA) is 12.0 Å². The fourth-order valence-electron chi connectivity index (χ4n) is 3.13.